The third-order valence-electron chi connectivity index (χ3n) is 3.80. The maximum Gasteiger partial charge on any atom is 0.332 e. The van der Waals surface area contributed by atoms with Crippen molar-refractivity contribution in [2.75, 3.05) is 26.3 Å². The van der Waals surface area contributed by atoms with E-state index in [0.29, 0.717) is 0 Å². The standard InChI is InChI=1S/C12H17NO3/c14-11-9-10-3-1-2-4-12(10,16-11)13-5-7-15-8-6-13/h9H,1-8H2/t12-/m0/s1. The van der Waals surface area contributed by atoms with Crippen LogP contribution in [-0.4, -0.2) is 42.9 Å². The number of fused-ring (bicyclic) bond motifs is 1. The zero-order valence-electron chi connectivity index (χ0n) is 9.41. The van der Waals surface area contributed by atoms with Crippen molar-refractivity contribution in [1.29, 1.82) is 0 Å². The van der Waals surface area contributed by atoms with Crippen molar-refractivity contribution < 1.29 is 14.3 Å². The van der Waals surface area contributed by atoms with E-state index in [0.717, 1.165) is 45.6 Å². The van der Waals surface area contributed by atoms with E-state index in [9.17, 15) is 4.79 Å². The van der Waals surface area contributed by atoms with Crippen LogP contribution in [-0.2, 0) is 14.3 Å². The van der Waals surface area contributed by atoms with Gasteiger partial charge in [-0.05, 0) is 24.8 Å². The van der Waals surface area contributed by atoms with Crippen molar-refractivity contribution in [3.05, 3.63) is 11.6 Å². The SMILES string of the molecule is O=C1C=C2CCCC[C@]2(N2CCOCC2)O1. The fraction of sp³-hybridized carbons (Fsp3) is 0.750. The molecule has 2 aliphatic heterocycles. The zero-order valence-corrected chi connectivity index (χ0v) is 9.41. The molecule has 2 heterocycles. The number of rotatable bonds is 1. The van der Waals surface area contributed by atoms with Gasteiger partial charge in [-0.15, -0.1) is 0 Å². The van der Waals surface area contributed by atoms with Gasteiger partial charge >= 0.3 is 5.97 Å². The highest BCUT2D eigenvalue weighted by atomic mass is 16.6. The van der Waals surface area contributed by atoms with Crippen LogP contribution in [0.15, 0.2) is 11.6 Å². The molecule has 0 aromatic rings. The van der Waals surface area contributed by atoms with Crippen LogP contribution in [0.1, 0.15) is 25.7 Å². The van der Waals surface area contributed by atoms with E-state index in [1.165, 1.54) is 12.0 Å². The molecule has 4 nitrogen and oxygen atoms in total. The molecule has 0 unspecified atom stereocenters. The smallest absolute Gasteiger partial charge is 0.332 e. The number of nitrogens with zero attached hydrogens (tertiary/aromatic N) is 1. The molecule has 16 heavy (non-hydrogen) atoms. The van der Waals surface area contributed by atoms with Crippen molar-refractivity contribution in [1.82, 2.24) is 4.90 Å². The highest BCUT2D eigenvalue weighted by Crippen LogP contribution is 2.42. The van der Waals surface area contributed by atoms with E-state index in [1.54, 1.807) is 6.08 Å². The largest absolute Gasteiger partial charge is 0.436 e. The average Bonchev–Trinajstić information content (AvgIpc) is 2.67. The van der Waals surface area contributed by atoms with E-state index in [4.69, 9.17) is 9.47 Å². The van der Waals surface area contributed by atoms with Gasteiger partial charge in [-0.2, -0.15) is 0 Å². The molecule has 1 atom stereocenters. The maximum atomic E-state index is 11.5. The first kappa shape index (κ1) is 10.3. The van der Waals surface area contributed by atoms with E-state index in [-0.39, 0.29) is 5.97 Å². The third-order valence-corrected chi connectivity index (χ3v) is 3.80. The Balaban J connectivity index is 1.88. The molecule has 0 N–H and O–H groups in total. The second kappa shape index (κ2) is 3.86. The monoisotopic (exact) mass is 223 g/mol. The van der Waals surface area contributed by atoms with Crippen LogP contribution in [0.4, 0.5) is 0 Å². The van der Waals surface area contributed by atoms with Gasteiger partial charge in [0.1, 0.15) is 0 Å². The minimum absolute atomic E-state index is 0.164. The first-order valence-electron chi connectivity index (χ1n) is 6.08. The van der Waals surface area contributed by atoms with Crippen LogP contribution in [0, 0.1) is 0 Å². The number of ether oxygens (including phenoxy) is 2. The minimum Gasteiger partial charge on any atom is -0.436 e. The number of morpholine rings is 1. The number of carbonyl (C=O) groups is 1. The Hall–Kier alpha value is -0.870. The van der Waals surface area contributed by atoms with Crippen LogP contribution in [0.2, 0.25) is 0 Å². The molecule has 3 rings (SSSR count). The fourth-order valence-electron chi connectivity index (χ4n) is 3.03. The molecule has 1 saturated carbocycles. The molecule has 0 amide bonds. The summed E-state index contributed by atoms with van der Waals surface area (Å²) in [5.41, 5.74) is 0.782. The number of esters is 1. The van der Waals surface area contributed by atoms with Crippen LogP contribution >= 0.6 is 0 Å². The Morgan fingerprint density at radius 2 is 2.06 bits per heavy atom. The van der Waals surface area contributed by atoms with Gasteiger partial charge in [-0.25, -0.2) is 4.79 Å². The second-order valence-electron chi connectivity index (χ2n) is 4.68. The summed E-state index contributed by atoms with van der Waals surface area (Å²) in [5.74, 6) is -0.164. The summed E-state index contributed by atoms with van der Waals surface area (Å²) in [5, 5.41) is 0. The van der Waals surface area contributed by atoms with Gasteiger partial charge in [0.2, 0.25) is 0 Å². The Bertz CT molecular complexity index is 333. The highest BCUT2D eigenvalue weighted by molar-refractivity contribution is 5.86. The fourth-order valence-corrected chi connectivity index (χ4v) is 3.03. The summed E-state index contributed by atoms with van der Waals surface area (Å²) in [6.45, 7) is 3.22. The van der Waals surface area contributed by atoms with Crippen LogP contribution in [0.5, 0.6) is 0 Å². The molecule has 2 fully saturated rings. The van der Waals surface area contributed by atoms with Crippen LogP contribution in [0.25, 0.3) is 0 Å². The lowest BCUT2D eigenvalue weighted by Crippen LogP contribution is -2.55. The number of hydrogen-bond donors (Lipinski definition) is 0. The molecule has 1 saturated heterocycles. The van der Waals surface area contributed by atoms with Gasteiger partial charge in [0, 0.05) is 25.6 Å². The van der Waals surface area contributed by atoms with Crippen LogP contribution in [0.3, 0.4) is 0 Å². The van der Waals surface area contributed by atoms with Gasteiger partial charge < -0.3 is 9.47 Å². The molecule has 0 aromatic carbocycles. The third kappa shape index (κ3) is 1.48. The lowest BCUT2D eigenvalue weighted by atomic mass is 9.86. The minimum atomic E-state index is -0.404. The second-order valence-corrected chi connectivity index (χ2v) is 4.68. The van der Waals surface area contributed by atoms with Gasteiger partial charge in [0.15, 0.2) is 5.72 Å². The van der Waals surface area contributed by atoms with Gasteiger partial charge in [-0.3, -0.25) is 4.90 Å². The van der Waals surface area contributed by atoms with Crippen molar-refractivity contribution in [3.8, 4) is 0 Å². The molecule has 0 aromatic heterocycles. The lowest BCUT2D eigenvalue weighted by Gasteiger charge is -2.45. The van der Waals surface area contributed by atoms with Crippen molar-refractivity contribution in [3.63, 3.8) is 0 Å². The van der Waals surface area contributed by atoms with Crippen molar-refractivity contribution >= 4 is 5.97 Å². The molecular formula is C12H17NO3. The summed E-state index contributed by atoms with van der Waals surface area (Å²) in [6.07, 6.45) is 5.97. The topological polar surface area (TPSA) is 38.8 Å². The van der Waals surface area contributed by atoms with Gasteiger partial charge in [-0.1, -0.05) is 0 Å². The normalized spacial score (nSPS) is 35.5. The first-order chi connectivity index (χ1) is 7.81. The van der Waals surface area contributed by atoms with Gasteiger partial charge in [0.05, 0.1) is 13.2 Å². The summed E-state index contributed by atoms with van der Waals surface area (Å²) in [6, 6.07) is 0. The van der Waals surface area contributed by atoms with E-state index < -0.39 is 5.72 Å². The van der Waals surface area contributed by atoms with Crippen molar-refractivity contribution in [2.24, 2.45) is 0 Å². The lowest BCUT2D eigenvalue weighted by molar-refractivity contribution is -0.176. The molecule has 0 radical (unpaired) electrons. The molecule has 1 aliphatic carbocycles. The summed E-state index contributed by atoms with van der Waals surface area (Å²) >= 11 is 0. The predicted octanol–water partition coefficient (Wildman–Crippen LogP) is 1.07. The molecule has 88 valence electrons. The van der Waals surface area contributed by atoms with Gasteiger partial charge in [0.25, 0.3) is 0 Å². The summed E-state index contributed by atoms with van der Waals surface area (Å²) in [7, 11) is 0. The van der Waals surface area contributed by atoms with E-state index in [1.807, 2.05) is 0 Å². The molecule has 0 bridgehead atoms. The van der Waals surface area contributed by atoms with Crippen molar-refractivity contribution in [2.45, 2.75) is 31.4 Å². The highest BCUT2D eigenvalue weighted by Gasteiger charge is 2.49. The number of carbonyl (C=O) groups excluding carboxylic acids is 1. The molecule has 4 heteroatoms. The summed E-state index contributed by atoms with van der Waals surface area (Å²) in [4.78, 5) is 13.8. The quantitative estimate of drug-likeness (QED) is 0.623. The molecular weight excluding hydrogens is 206 g/mol. The molecule has 3 aliphatic rings. The Morgan fingerprint density at radius 1 is 1.25 bits per heavy atom. The summed E-state index contributed by atoms with van der Waals surface area (Å²) < 4.78 is 11.0. The maximum absolute atomic E-state index is 11.5. The average molecular weight is 223 g/mol. The van der Waals surface area contributed by atoms with E-state index >= 15 is 0 Å². The molecule has 0 spiro atoms. The number of hydrogen-bond acceptors (Lipinski definition) is 4. The Labute approximate surface area is 95.2 Å². The van der Waals surface area contributed by atoms with Crippen LogP contribution < -0.4 is 0 Å². The van der Waals surface area contributed by atoms with E-state index in [2.05, 4.69) is 4.90 Å². The zero-order chi connectivity index (χ0) is 11.0. The Morgan fingerprint density at radius 3 is 2.88 bits per heavy atom. The Kier molecular flexibility index (Phi) is 2.48. The first-order valence-corrected chi connectivity index (χ1v) is 6.08. The predicted molar refractivity (Wildman–Crippen MR) is 57.8 cm³/mol.